The van der Waals surface area contributed by atoms with Crippen molar-refractivity contribution in [2.75, 3.05) is 0 Å². The Morgan fingerprint density at radius 3 is 3.13 bits per heavy atom. The van der Waals surface area contributed by atoms with Crippen LogP contribution in [-0.4, -0.2) is 9.97 Å². The molecule has 0 fully saturated rings. The average molecular weight is 240 g/mol. The molecule has 2 aromatic heterocycles. The molecule has 0 aliphatic carbocycles. The first-order chi connectivity index (χ1) is 7.18. The molecule has 0 amide bonds. The maximum Gasteiger partial charge on any atom is 0.137 e. The van der Waals surface area contributed by atoms with Crippen LogP contribution < -0.4 is 5.73 Å². The predicted octanol–water partition coefficient (Wildman–Crippen LogP) is 2.40. The zero-order valence-corrected chi connectivity index (χ0v) is 9.52. The van der Waals surface area contributed by atoms with Crippen molar-refractivity contribution in [3.63, 3.8) is 0 Å². The van der Waals surface area contributed by atoms with E-state index in [1.807, 2.05) is 18.3 Å². The third-order valence-corrected chi connectivity index (χ3v) is 2.93. The second-order valence-corrected chi connectivity index (χ2v) is 4.13. The second kappa shape index (κ2) is 4.16. The highest BCUT2D eigenvalue weighted by Crippen LogP contribution is 2.21. The maximum absolute atomic E-state index is 5.65. The molecule has 0 saturated carbocycles. The summed E-state index contributed by atoms with van der Waals surface area (Å²) >= 11 is 9.88. The molecule has 0 bridgehead atoms. The van der Waals surface area contributed by atoms with E-state index in [4.69, 9.17) is 17.3 Å². The van der Waals surface area contributed by atoms with Crippen LogP contribution in [0, 0.1) is 0 Å². The first-order valence-corrected chi connectivity index (χ1v) is 5.25. The third kappa shape index (κ3) is 2.11. The van der Waals surface area contributed by atoms with E-state index >= 15 is 0 Å². The van der Waals surface area contributed by atoms with Crippen molar-refractivity contribution in [1.29, 1.82) is 0 Å². The van der Waals surface area contributed by atoms with Crippen molar-refractivity contribution in [2.45, 2.75) is 6.42 Å². The Balaban J connectivity index is 2.41. The van der Waals surface area contributed by atoms with E-state index in [2.05, 4.69) is 22.6 Å². The number of thiol groups is 1. The number of hydrogen-bond donors (Lipinski definition) is 3. The van der Waals surface area contributed by atoms with Crippen molar-refractivity contribution in [3.05, 3.63) is 40.2 Å². The molecule has 0 atom stereocenters. The number of nitrogens with zero attached hydrogens (tertiary/aromatic N) is 1. The number of H-pyrrole nitrogens is 1. The van der Waals surface area contributed by atoms with Gasteiger partial charge in [0, 0.05) is 29.1 Å². The summed E-state index contributed by atoms with van der Waals surface area (Å²) in [4.78, 5) is 7.94. The van der Waals surface area contributed by atoms with Crippen LogP contribution in [0.4, 0.5) is 0 Å². The van der Waals surface area contributed by atoms with Crippen LogP contribution in [0.5, 0.6) is 0 Å². The normalized spacial score (nSPS) is 12.9. The fourth-order valence-electron chi connectivity index (χ4n) is 1.42. The monoisotopic (exact) mass is 239 g/mol. The Morgan fingerprint density at radius 1 is 1.60 bits per heavy atom. The van der Waals surface area contributed by atoms with Crippen LogP contribution in [0.1, 0.15) is 5.56 Å². The second-order valence-electron chi connectivity index (χ2n) is 3.18. The number of aromatic amines is 1. The van der Waals surface area contributed by atoms with Gasteiger partial charge in [-0.25, -0.2) is 4.98 Å². The predicted molar refractivity (Wildman–Crippen MR) is 65.9 cm³/mol. The third-order valence-electron chi connectivity index (χ3n) is 2.17. The minimum atomic E-state index is 0.233. The van der Waals surface area contributed by atoms with E-state index in [1.54, 1.807) is 6.20 Å². The summed E-state index contributed by atoms with van der Waals surface area (Å²) < 4.78 is 0. The summed E-state index contributed by atoms with van der Waals surface area (Å²) in [6, 6.07) is 3.89. The molecule has 15 heavy (non-hydrogen) atoms. The Kier molecular flexibility index (Phi) is 2.88. The number of aromatic nitrogens is 2. The molecule has 0 aromatic carbocycles. The number of pyridine rings is 1. The van der Waals surface area contributed by atoms with E-state index in [0.29, 0.717) is 11.3 Å². The average Bonchev–Trinajstić information content (AvgIpc) is 2.62. The zero-order chi connectivity index (χ0) is 10.8. The molecular formula is C10H10ClN3S. The zero-order valence-electron chi connectivity index (χ0n) is 7.87. The minimum Gasteiger partial charge on any atom is -0.389 e. The van der Waals surface area contributed by atoms with Gasteiger partial charge in [-0.2, -0.15) is 0 Å². The Bertz CT molecular complexity index is 514. The van der Waals surface area contributed by atoms with Gasteiger partial charge in [0.15, 0.2) is 0 Å². The SMILES string of the molecule is N/C(Cl)=C(\S)Cc1c[nH]c2ncccc12. The molecule has 0 saturated heterocycles. The fraction of sp³-hybridized carbons (Fsp3) is 0.100. The van der Waals surface area contributed by atoms with E-state index in [0.717, 1.165) is 16.6 Å². The molecule has 78 valence electrons. The van der Waals surface area contributed by atoms with Crippen molar-refractivity contribution in [3.8, 4) is 0 Å². The van der Waals surface area contributed by atoms with Gasteiger partial charge in [-0.3, -0.25) is 0 Å². The van der Waals surface area contributed by atoms with Gasteiger partial charge in [-0.1, -0.05) is 11.6 Å². The lowest BCUT2D eigenvalue weighted by Crippen LogP contribution is -1.94. The largest absolute Gasteiger partial charge is 0.389 e. The van der Waals surface area contributed by atoms with Crippen LogP contribution in [0.15, 0.2) is 34.6 Å². The summed E-state index contributed by atoms with van der Waals surface area (Å²) in [5.41, 5.74) is 7.39. The number of fused-ring (bicyclic) bond motifs is 1. The highest BCUT2D eigenvalue weighted by molar-refractivity contribution is 7.84. The van der Waals surface area contributed by atoms with E-state index in [-0.39, 0.29) is 5.16 Å². The smallest absolute Gasteiger partial charge is 0.137 e. The first-order valence-electron chi connectivity index (χ1n) is 4.42. The minimum absolute atomic E-state index is 0.233. The van der Waals surface area contributed by atoms with E-state index in [9.17, 15) is 0 Å². The van der Waals surface area contributed by atoms with Gasteiger partial charge >= 0.3 is 0 Å². The van der Waals surface area contributed by atoms with Gasteiger partial charge in [0.25, 0.3) is 0 Å². The first kappa shape index (κ1) is 10.4. The standard InChI is InChI=1S/C10H10ClN3S/c11-9(12)8(15)4-6-5-14-10-7(6)2-1-3-13-10/h1-3,5,15H,4,12H2,(H,13,14)/b9-8-. The molecule has 2 aromatic rings. The van der Waals surface area contributed by atoms with Crippen molar-refractivity contribution in [2.24, 2.45) is 5.73 Å². The van der Waals surface area contributed by atoms with Gasteiger partial charge in [0.2, 0.25) is 0 Å². The van der Waals surface area contributed by atoms with Crippen LogP contribution in [0.3, 0.4) is 0 Å². The number of rotatable bonds is 2. The molecule has 0 aliphatic rings. The van der Waals surface area contributed by atoms with Gasteiger partial charge in [0.1, 0.15) is 10.8 Å². The van der Waals surface area contributed by atoms with E-state index < -0.39 is 0 Å². The summed E-state index contributed by atoms with van der Waals surface area (Å²) in [5, 5.41) is 1.30. The number of nitrogens with one attached hydrogen (secondary N) is 1. The van der Waals surface area contributed by atoms with Crippen LogP contribution >= 0.6 is 24.2 Å². The summed E-state index contributed by atoms with van der Waals surface area (Å²) in [7, 11) is 0. The lowest BCUT2D eigenvalue weighted by molar-refractivity contribution is 1.24. The maximum atomic E-state index is 5.65. The molecule has 3 N–H and O–H groups in total. The van der Waals surface area contributed by atoms with Gasteiger partial charge in [-0.15, -0.1) is 12.6 Å². The topological polar surface area (TPSA) is 54.7 Å². The molecule has 2 heterocycles. The molecule has 0 spiro atoms. The van der Waals surface area contributed by atoms with Gasteiger partial charge < -0.3 is 10.7 Å². The van der Waals surface area contributed by atoms with Gasteiger partial charge in [0.05, 0.1) is 0 Å². The highest BCUT2D eigenvalue weighted by atomic mass is 35.5. The van der Waals surface area contributed by atoms with Crippen LogP contribution in [-0.2, 0) is 6.42 Å². The number of allylic oxidation sites excluding steroid dienone is 1. The quantitative estimate of drug-likeness (QED) is 0.557. The lowest BCUT2D eigenvalue weighted by Gasteiger charge is -1.99. The Hall–Kier alpha value is -1.13. The highest BCUT2D eigenvalue weighted by Gasteiger charge is 2.06. The molecule has 0 radical (unpaired) electrons. The summed E-state index contributed by atoms with van der Waals surface area (Å²) in [6.07, 6.45) is 4.26. The fourth-order valence-corrected chi connectivity index (χ4v) is 1.66. The Morgan fingerprint density at radius 2 is 2.40 bits per heavy atom. The number of nitrogens with two attached hydrogens (primary N) is 1. The Labute approximate surface area is 97.7 Å². The number of halogens is 1. The molecule has 0 aliphatic heterocycles. The molecular weight excluding hydrogens is 230 g/mol. The van der Waals surface area contributed by atoms with Crippen LogP contribution in [0.2, 0.25) is 0 Å². The van der Waals surface area contributed by atoms with Crippen molar-refractivity contribution >= 4 is 35.3 Å². The molecule has 0 unspecified atom stereocenters. The molecule has 5 heteroatoms. The van der Waals surface area contributed by atoms with Crippen LogP contribution in [0.25, 0.3) is 11.0 Å². The molecule has 2 rings (SSSR count). The molecule has 3 nitrogen and oxygen atoms in total. The summed E-state index contributed by atoms with van der Waals surface area (Å²) in [5.74, 6) is 0. The lowest BCUT2D eigenvalue weighted by atomic mass is 10.1. The van der Waals surface area contributed by atoms with E-state index in [1.165, 1.54) is 0 Å². The van der Waals surface area contributed by atoms with Gasteiger partial charge in [-0.05, 0) is 17.7 Å². The van der Waals surface area contributed by atoms with Crippen molar-refractivity contribution < 1.29 is 0 Å². The van der Waals surface area contributed by atoms with Crippen molar-refractivity contribution in [1.82, 2.24) is 9.97 Å². The summed E-state index contributed by atoms with van der Waals surface area (Å²) in [6.45, 7) is 0. The number of hydrogen-bond acceptors (Lipinski definition) is 3.